The van der Waals surface area contributed by atoms with Gasteiger partial charge in [0.2, 0.25) is 5.91 Å². The van der Waals surface area contributed by atoms with Crippen molar-refractivity contribution in [2.75, 3.05) is 13.7 Å². The summed E-state index contributed by atoms with van der Waals surface area (Å²) in [7, 11) is 1.23. The van der Waals surface area contributed by atoms with Gasteiger partial charge < -0.3 is 20.1 Å². The fourth-order valence-electron chi connectivity index (χ4n) is 2.27. The summed E-state index contributed by atoms with van der Waals surface area (Å²) >= 11 is 0. The van der Waals surface area contributed by atoms with Crippen LogP contribution >= 0.6 is 0 Å². The Balaban J connectivity index is 2.77. The fourth-order valence-corrected chi connectivity index (χ4v) is 2.27. The Bertz CT molecular complexity index is 729. The highest BCUT2D eigenvalue weighted by Gasteiger charge is 2.27. The molecule has 0 aliphatic heterocycles. The zero-order valence-electron chi connectivity index (χ0n) is 16.5. The maximum Gasteiger partial charge on any atom is 0.355 e. The summed E-state index contributed by atoms with van der Waals surface area (Å²) in [6.45, 7) is 4.33. The van der Waals surface area contributed by atoms with Crippen LogP contribution in [-0.4, -0.2) is 43.5 Å². The second-order valence-corrected chi connectivity index (χ2v) is 6.18. The molecule has 152 valence electrons. The Hall–Kier alpha value is -3.16. The van der Waals surface area contributed by atoms with Crippen molar-refractivity contribution in [2.24, 2.45) is 5.92 Å². The molecule has 28 heavy (non-hydrogen) atoms. The third-order valence-corrected chi connectivity index (χ3v) is 3.96. The molecule has 0 spiro atoms. The molecule has 0 radical (unpaired) electrons. The van der Waals surface area contributed by atoms with Crippen LogP contribution in [-0.2, 0) is 28.7 Å². The lowest BCUT2D eigenvalue weighted by Crippen LogP contribution is -2.47. The van der Waals surface area contributed by atoms with Crippen molar-refractivity contribution in [1.29, 1.82) is 0 Å². The summed E-state index contributed by atoms with van der Waals surface area (Å²) in [5, 5.41) is 4.89. The summed E-state index contributed by atoms with van der Waals surface area (Å²) < 4.78 is 9.67. The van der Waals surface area contributed by atoms with Crippen LogP contribution in [0.5, 0.6) is 0 Å². The smallest absolute Gasteiger partial charge is 0.355 e. The van der Waals surface area contributed by atoms with Crippen molar-refractivity contribution in [2.45, 2.75) is 33.2 Å². The van der Waals surface area contributed by atoms with Crippen LogP contribution < -0.4 is 10.6 Å². The molecular formula is C20H26N2O6. The van der Waals surface area contributed by atoms with Gasteiger partial charge in [-0.05, 0) is 17.6 Å². The summed E-state index contributed by atoms with van der Waals surface area (Å²) in [6.07, 6.45) is 2.09. The van der Waals surface area contributed by atoms with E-state index in [1.54, 1.807) is 31.2 Å². The van der Waals surface area contributed by atoms with Gasteiger partial charge in [-0.15, -0.1) is 0 Å². The highest BCUT2D eigenvalue weighted by molar-refractivity contribution is 5.98. The van der Waals surface area contributed by atoms with Gasteiger partial charge in [0.1, 0.15) is 11.7 Å². The van der Waals surface area contributed by atoms with E-state index in [1.165, 1.54) is 20.1 Å². The van der Waals surface area contributed by atoms with Gasteiger partial charge in [0.05, 0.1) is 7.11 Å². The zero-order chi connectivity index (χ0) is 21.1. The zero-order valence-corrected chi connectivity index (χ0v) is 16.5. The van der Waals surface area contributed by atoms with Crippen molar-refractivity contribution in [3.63, 3.8) is 0 Å². The maximum atomic E-state index is 12.3. The van der Waals surface area contributed by atoms with Crippen molar-refractivity contribution < 1.29 is 28.7 Å². The van der Waals surface area contributed by atoms with E-state index in [-0.39, 0.29) is 11.6 Å². The number of methoxy groups -OCH3 is 1. The molecule has 2 amide bonds. The third kappa shape index (κ3) is 7.61. The number of esters is 2. The average Bonchev–Trinajstić information content (AvgIpc) is 2.68. The van der Waals surface area contributed by atoms with Crippen molar-refractivity contribution in [3.8, 4) is 0 Å². The topological polar surface area (TPSA) is 111 Å². The number of rotatable bonds is 9. The van der Waals surface area contributed by atoms with Crippen LogP contribution in [0.3, 0.4) is 0 Å². The monoisotopic (exact) mass is 390 g/mol. The van der Waals surface area contributed by atoms with Crippen LogP contribution in [0, 0.1) is 5.92 Å². The number of benzene rings is 1. The standard InChI is InChI=1S/C20H26N2O6/c1-5-13(2)18(20(26)27-4)22-17(24)12-28-19(25)16(21-14(3)23)11-15-9-7-6-8-10-15/h6-11,13,18H,5,12H2,1-4H3,(H,21,23)(H,22,24)/b16-11-/t13-,18+/m0/s1. The van der Waals surface area contributed by atoms with Crippen LogP contribution in [0.2, 0.25) is 0 Å². The van der Waals surface area contributed by atoms with Gasteiger partial charge in [-0.3, -0.25) is 9.59 Å². The Morgan fingerprint density at radius 2 is 1.79 bits per heavy atom. The lowest BCUT2D eigenvalue weighted by atomic mass is 9.99. The Kier molecular flexibility index (Phi) is 9.42. The van der Waals surface area contributed by atoms with E-state index in [0.29, 0.717) is 12.0 Å². The van der Waals surface area contributed by atoms with Crippen molar-refractivity contribution in [1.82, 2.24) is 10.6 Å². The minimum absolute atomic E-state index is 0.0991. The van der Waals surface area contributed by atoms with Crippen molar-refractivity contribution >= 4 is 29.8 Å². The highest BCUT2D eigenvalue weighted by Crippen LogP contribution is 2.10. The number of hydrogen-bond acceptors (Lipinski definition) is 6. The predicted octanol–water partition coefficient (Wildman–Crippen LogP) is 1.41. The van der Waals surface area contributed by atoms with Gasteiger partial charge in [0, 0.05) is 6.92 Å². The number of hydrogen-bond donors (Lipinski definition) is 2. The van der Waals surface area contributed by atoms with E-state index in [0.717, 1.165) is 0 Å². The summed E-state index contributed by atoms with van der Waals surface area (Å²) in [6, 6.07) is 8.02. The van der Waals surface area contributed by atoms with Gasteiger partial charge in [-0.1, -0.05) is 50.6 Å². The van der Waals surface area contributed by atoms with Crippen molar-refractivity contribution in [3.05, 3.63) is 41.6 Å². The first-order chi connectivity index (χ1) is 13.3. The first-order valence-corrected chi connectivity index (χ1v) is 8.87. The number of nitrogens with one attached hydrogen (secondary N) is 2. The molecule has 0 heterocycles. The molecule has 0 saturated carbocycles. The Morgan fingerprint density at radius 3 is 2.32 bits per heavy atom. The molecule has 0 aromatic heterocycles. The SMILES string of the molecule is CC[C@H](C)[C@@H](NC(=O)COC(=O)/C(=C/c1ccccc1)NC(C)=O)C(=O)OC. The quantitative estimate of drug-likeness (QED) is 0.487. The first-order valence-electron chi connectivity index (χ1n) is 8.87. The molecule has 0 fully saturated rings. The van der Waals surface area contributed by atoms with Gasteiger partial charge in [-0.25, -0.2) is 9.59 Å². The molecule has 0 aliphatic carbocycles. The van der Waals surface area contributed by atoms with Crippen LogP contribution in [0.4, 0.5) is 0 Å². The highest BCUT2D eigenvalue weighted by atomic mass is 16.5. The molecule has 0 unspecified atom stereocenters. The van der Waals surface area contributed by atoms with E-state index < -0.39 is 36.4 Å². The van der Waals surface area contributed by atoms with E-state index in [4.69, 9.17) is 9.47 Å². The molecule has 8 heteroatoms. The lowest BCUT2D eigenvalue weighted by molar-refractivity contribution is -0.149. The number of carbonyl (C=O) groups excluding carboxylic acids is 4. The van der Waals surface area contributed by atoms with E-state index in [1.807, 2.05) is 13.0 Å². The predicted molar refractivity (Wildman–Crippen MR) is 103 cm³/mol. The van der Waals surface area contributed by atoms with Gasteiger partial charge in [0.15, 0.2) is 6.61 Å². The first kappa shape index (κ1) is 22.9. The molecular weight excluding hydrogens is 364 g/mol. The normalized spacial score (nSPS) is 13.1. The molecule has 1 aromatic rings. The summed E-state index contributed by atoms with van der Waals surface area (Å²) in [5.41, 5.74) is 0.577. The van der Waals surface area contributed by atoms with Gasteiger partial charge in [0.25, 0.3) is 5.91 Å². The molecule has 2 atom stereocenters. The Labute approximate surface area is 164 Å². The summed E-state index contributed by atoms with van der Waals surface area (Å²) in [4.78, 5) is 47.6. The number of ether oxygens (including phenoxy) is 2. The van der Waals surface area contributed by atoms with E-state index in [2.05, 4.69) is 10.6 Å². The summed E-state index contributed by atoms with van der Waals surface area (Å²) in [5.74, 6) is -2.69. The molecule has 8 nitrogen and oxygen atoms in total. The third-order valence-electron chi connectivity index (χ3n) is 3.96. The van der Waals surface area contributed by atoms with Crippen LogP contribution in [0.15, 0.2) is 36.0 Å². The fraction of sp³-hybridized carbons (Fsp3) is 0.400. The van der Waals surface area contributed by atoms with Gasteiger partial charge in [-0.2, -0.15) is 0 Å². The number of amides is 2. The van der Waals surface area contributed by atoms with E-state index >= 15 is 0 Å². The molecule has 0 bridgehead atoms. The molecule has 0 aliphatic rings. The van der Waals surface area contributed by atoms with E-state index in [9.17, 15) is 19.2 Å². The minimum atomic E-state index is -0.868. The number of carbonyl (C=O) groups is 4. The molecule has 1 aromatic carbocycles. The second-order valence-electron chi connectivity index (χ2n) is 6.18. The average molecular weight is 390 g/mol. The van der Waals surface area contributed by atoms with Crippen LogP contribution in [0.25, 0.3) is 6.08 Å². The molecule has 2 N–H and O–H groups in total. The largest absolute Gasteiger partial charge is 0.467 e. The van der Waals surface area contributed by atoms with Crippen LogP contribution in [0.1, 0.15) is 32.8 Å². The van der Waals surface area contributed by atoms with Gasteiger partial charge >= 0.3 is 11.9 Å². The second kappa shape index (κ2) is 11.5. The Morgan fingerprint density at radius 1 is 1.14 bits per heavy atom. The minimum Gasteiger partial charge on any atom is -0.467 e. The molecule has 0 saturated heterocycles. The maximum absolute atomic E-state index is 12.3. The molecule has 1 rings (SSSR count). The lowest BCUT2D eigenvalue weighted by Gasteiger charge is -2.21.